The minimum Gasteiger partial charge on any atom is -0.368 e. The van der Waals surface area contributed by atoms with Crippen molar-refractivity contribution in [3.05, 3.63) is 89.2 Å². The van der Waals surface area contributed by atoms with Gasteiger partial charge in [0.15, 0.2) is 0 Å². The summed E-state index contributed by atoms with van der Waals surface area (Å²) in [7, 11) is 0. The Labute approximate surface area is 174 Å². The number of hydrogen-bond donors (Lipinski definition) is 1. The first kappa shape index (κ1) is 19.3. The summed E-state index contributed by atoms with van der Waals surface area (Å²) in [6.07, 6.45) is 0. The van der Waals surface area contributed by atoms with Gasteiger partial charge in [-0.15, -0.1) is 0 Å². The molecule has 0 atom stereocenters. The van der Waals surface area contributed by atoms with E-state index in [-0.39, 0.29) is 11.7 Å². The standard InChI is InChI=1S/C23H21ClFN3O/c24-18-5-3-4-17(16-18)23(29)26-21-6-1-2-7-22(21)28-14-12-27(13-15-28)20-10-8-19(25)9-11-20/h1-11,16H,12-15H2,(H,26,29). The van der Waals surface area contributed by atoms with Crippen LogP contribution in [0, 0.1) is 5.82 Å². The fourth-order valence-electron chi connectivity index (χ4n) is 3.54. The molecule has 1 fully saturated rings. The molecule has 148 valence electrons. The summed E-state index contributed by atoms with van der Waals surface area (Å²) in [4.78, 5) is 17.1. The van der Waals surface area contributed by atoms with Gasteiger partial charge in [-0.1, -0.05) is 29.8 Å². The molecule has 1 aliphatic rings. The zero-order chi connectivity index (χ0) is 20.2. The second kappa shape index (κ2) is 8.53. The molecule has 1 N–H and O–H groups in total. The van der Waals surface area contributed by atoms with Crippen molar-refractivity contribution >= 4 is 34.6 Å². The maximum atomic E-state index is 13.2. The smallest absolute Gasteiger partial charge is 0.255 e. The molecule has 6 heteroatoms. The Morgan fingerprint density at radius 3 is 2.28 bits per heavy atom. The van der Waals surface area contributed by atoms with Crippen LogP contribution in [0.25, 0.3) is 0 Å². The predicted molar refractivity (Wildman–Crippen MR) is 117 cm³/mol. The van der Waals surface area contributed by atoms with Crippen LogP contribution >= 0.6 is 11.6 Å². The maximum Gasteiger partial charge on any atom is 0.255 e. The van der Waals surface area contributed by atoms with E-state index < -0.39 is 0 Å². The van der Waals surface area contributed by atoms with E-state index in [1.807, 2.05) is 36.4 Å². The summed E-state index contributed by atoms with van der Waals surface area (Å²) in [5.41, 5.74) is 3.30. The summed E-state index contributed by atoms with van der Waals surface area (Å²) in [5, 5.41) is 3.54. The molecule has 4 rings (SSSR count). The van der Waals surface area contributed by atoms with Crippen molar-refractivity contribution in [2.75, 3.05) is 41.3 Å². The Morgan fingerprint density at radius 1 is 0.862 bits per heavy atom. The van der Waals surface area contributed by atoms with Crippen LogP contribution < -0.4 is 15.1 Å². The number of nitrogens with zero attached hydrogens (tertiary/aromatic N) is 2. The molecule has 1 saturated heterocycles. The normalized spacial score (nSPS) is 14.0. The number of para-hydroxylation sites is 2. The molecular formula is C23H21ClFN3O. The van der Waals surface area contributed by atoms with Crippen LogP contribution in [-0.4, -0.2) is 32.1 Å². The van der Waals surface area contributed by atoms with Gasteiger partial charge in [0.2, 0.25) is 0 Å². The summed E-state index contributed by atoms with van der Waals surface area (Å²) >= 11 is 6.00. The lowest BCUT2D eigenvalue weighted by Gasteiger charge is -2.38. The highest BCUT2D eigenvalue weighted by molar-refractivity contribution is 6.31. The molecule has 1 amide bonds. The van der Waals surface area contributed by atoms with Crippen LogP contribution in [0.3, 0.4) is 0 Å². The summed E-state index contributed by atoms with van der Waals surface area (Å²) < 4.78 is 13.2. The molecule has 0 saturated carbocycles. The van der Waals surface area contributed by atoms with Crippen molar-refractivity contribution in [1.82, 2.24) is 0 Å². The van der Waals surface area contributed by atoms with Gasteiger partial charge in [-0.2, -0.15) is 0 Å². The van der Waals surface area contributed by atoms with E-state index in [0.29, 0.717) is 10.6 Å². The highest BCUT2D eigenvalue weighted by atomic mass is 35.5. The van der Waals surface area contributed by atoms with Gasteiger partial charge in [0, 0.05) is 42.5 Å². The van der Waals surface area contributed by atoms with Gasteiger partial charge < -0.3 is 15.1 Å². The molecule has 3 aromatic rings. The molecule has 0 radical (unpaired) electrons. The number of carbonyl (C=O) groups is 1. The first-order valence-electron chi connectivity index (χ1n) is 9.51. The molecule has 29 heavy (non-hydrogen) atoms. The number of halogens is 2. The average Bonchev–Trinajstić information content (AvgIpc) is 2.75. The largest absolute Gasteiger partial charge is 0.368 e. The zero-order valence-corrected chi connectivity index (χ0v) is 16.6. The van der Waals surface area contributed by atoms with Crippen LogP contribution in [0.4, 0.5) is 21.5 Å². The van der Waals surface area contributed by atoms with Crippen LogP contribution in [0.15, 0.2) is 72.8 Å². The Bertz CT molecular complexity index is 1000. The second-order valence-electron chi connectivity index (χ2n) is 6.93. The zero-order valence-electron chi connectivity index (χ0n) is 15.8. The molecule has 0 unspecified atom stereocenters. The Morgan fingerprint density at radius 2 is 1.55 bits per heavy atom. The van der Waals surface area contributed by atoms with Crippen molar-refractivity contribution in [2.45, 2.75) is 0 Å². The van der Waals surface area contributed by atoms with Crippen LogP contribution in [0.1, 0.15) is 10.4 Å². The monoisotopic (exact) mass is 409 g/mol. The average molecular weight is 410 g/mol. The lowest BCUT2D eigenvalue weighted by molar-refractivity contribution is 0.102. The second-order valence-corrected chi connectivity index (χ2v) is 7.37. The summed E-state index contributed by atoms with van der Waals surface area (Å²) in [5.74, 6) is -0.415. The van der Waals surface area contributed by atoms with Crippen molar-refractivity contribution in [3.8, 4) is 0 Å². The third kappa shape index (κ3) is 4.51. The first-order chi connectivity index (χ1) is 14.1. The third-order valence-electron chi connectivity index (χ3n) is 5.05. The fourth-order valence-corrected chi connectivity index (χ4v) is 3.73. The van der Waals surface area contributed by atoms with Gasteiger partial charge in [-0.25, -0.2) is 4.39 Å². The van der Waals surface area contributed by atoms with E-state index in [0.717, 1.165) is 43.2 Å². The Hall–Kier alpha value is -3.05. The van der Waals surface area contributed by atoms with E-state index in [2.05, 4.69) is 15.1 Å². The maximum absolute atomic E-state index is 13.2. The van der Waals surface area contributed by atoms with Crippen molar-refractivity contribution in [3.63, 3.8) is 0 Å². The van der Waals surface area contributed by atoms with E-state index >= 15 is 0 Å². The van der Waals surface area contributed by atoms with Crippen molar-refractivity contribution in [1.29, 1.82) is 0 Å². The van der Waals surface area contributed by atoms with Crippen LogP contribution in [0.5, 0.6) is 0 Å². The number of hydrogen-bond acceptors (Lipinski definition) is 3. The highest BCUT2D eigenvalue weighted by Gasteiger charge is 2.20. The van der Waals surface area contributed by atoms with Crippen LogP contribution in [0.2, 0.25) is 5.02 Å². The minimum absolute atomic E-state index is 0.190. The van der Waals surface area contributed by atoms with Gasteiger partial charge in [-0.05, 0) is 54.6 Å². The van der Waals surface area contributed by atoms with Crippen LogP contribution in [-0.2, 0) is 0 Å². The third-order valence-corrected chi connectivity index (χ3v) is 5.29. The molecule has 0 aliphatic carbocycles. The minimum atomic E-state index is -0.225. The Kier molecular flexibility index (Phi) is 5.67. The SMILES string of the molecule is O=C(Nc1ccccc1N1CCN(c2ccc(F)cc2)CC1)c1cccc(Cl)c1. The molecule has 0 bridgehead atoms. The number of nitrogens with one attached hydrogen (secondary N) is 1. The fraction of sp³-hybridized carbons (Fsp3) is 0.174. The van der Waals surface area contributed by atoms with E-state index in [4.69, 9.17) is 11.6 Å². The van der Waals surface area contributed by atoms with Gasteiger partial charge in [0.25, 0.3) is 5.91 Å². The molecular weight excluding hydrogens is 389 g/mol. The molecule has 4 nitrogen and oxygen atoms in total. The molecule has 3 aromatic carbocycles. The van der Waals surface area contributed by atoms with E-state index in [1.54, 1.807) is 24.3 Å². The van der Waals surface area contributed by atoms with E-state index in [9.17, 15) is 9.18 Å². The molecule has 0 aromatic heterocycles. The lowest BCUT2D eigenvalue weighted by Crippen LogP contribution is -2.46. The lowest BCUT2D eigenvalue weighted by atomic mass is 10.1. The molecule has 1 aliphatic heterocycles. The molecule has 0 spiro atoms. The topological polar surface area (TPSA) is 35.6 Å². The van der Waals surface area contributed by atoms with Crippen molar-refractivity contribution < 1.29 is 9.18 Å². The van der Waals surface area contributed by atoms with Gasteiger partial charge in [-0.3, -0.25) is 4.79 Å². The predicted octanol–water partition coefficient (Wildman–Crippen LogP) is 5.06. The van der Waals surface area contributed by atoms with Crippen molar-refractivity contribution in [2.24, 2.45) is 0 Å². The summed E-state index contributed by atoms with van der Waals surface area (Å²) in [6.45, 7) is 3.26. The van der Waals surface area contributed by atoms with E-state index in [1.165, 1.54) is 12.1 Å². The first-order valence-corrected chi connectivity index (χ1v) is 9.89. The number of piperazine rings is 1. The molecule has 1 heterocycles. The number of amides is 1. The summed E-state index contributed by atoms with van der Waals surface area (Å²) in [6, 6.07) is 21.3. The number of carbonyl (C=O) groups excluding carboxylic acids is 1. The Balaban J connectivity index is 1.46. The quantitative estimate of drug-likeness (QED) is 0.654. The number of rotatable bonds is 4. The van der Waals surface area contributed by atoms with Gasteiger partial charge >= 0.3 is 0 Å². The highest BCUT2D eigenvalue weighted by Crippen LogP contribution is 2.28. The number of benzene rings is 3. The van der Waals surface area contributed by atoms with Gasteiger partial charge in [0.1, 0.15) is 5.82 Å². The van der Waals surface area contributed by atoms with Gasteiger partial charge in [0.05, 0.1) is 11.4 Å². The number of anilines is 3.